The average Bonchev–Trinajstić information content (AvgIpc) is 3.01. The average molecular weight is 334 g/mol. The number of aryl methyl sites for hydroxylation is 1. The van der Waals surface area contributed by atoms with Gasteiger partial charge in [-0.15, -0.1) is 0 Å². The first-order valence-corrected chi connectivity index (χ1v) is 9.52. The highest BCUT2D eigenvalue weighted by Gasteiger charge is 2.26. The molecule has 7 heteroatoms. The van der Waals surface area contributed by atoms with Crippen LogP contribution in [0.5, 0.6) is 0 Å². The van der Waals surface area contributed by atoms with E-state index >= 15 is 0 Å². The monoisotopic (exact) mass is 334 g/mol. The van der Waals surface area contributed by atoms with Gasteiger partial charge in [0, 0.05) is 31.5 Å². The van der Waals surface area contributed by atoms with E-state index in [1.165, 1.54) is 0 Å². The largest absolute Gasteiger partial charge is 0.275 e. The van der Waals surface area contributed by atoms with E-state index in [2.05, 4.69) is 14.8 Å². The maximum Gasteiger partial charge on any atom is 0.214 e. The lowest BCUT2D eigenvalue weighted by atomic mass is 10.0. The van der Waals surface area contributed by atoms with Gasteiger partial charge in [0.15, 0.2) is 0 Å². The van der Waals surface area contributed by atoms with Crippen molar-refractivity contribution in [2.24, 2.45) is 7.05 Å². The van der Waals surface area contributed by atoms with Gasteiger partial charge in [-0.25, -0.2) is 13.1 Å². The fraction of sp³-hybridized carbons (Fsp3) is 0.500. The first-order chi connectivity index (χ1) is 11.0. The molecule has 0 bridgehead atoms. The maximum absolute atomic E-state index is 12.3. The number of aromatic nitrogens is 3. The van der Waals surface area contributed by atoms with Crippen LogP contribution in [0.25, 0.3) is 11.3 Å². The second-order valence-corrected chi connectivity index (χ2v) is 8.13. The third-order valence-electron chi connectivity index (χ3n) is 4.29. The van der Waals surface area contributed by atoms with Crippen molar-refractivity contribution >= 4 is 10.0 Å². The minimum Gasteiger partial charge on any atom is -0.275 e. The van der Waals surface area contributed by atoms with Crippen molar-refractivity contribution in [1.82, 2.24) is 19.5 Å². The number of hydrogen-bond acceptors (Lipinski definition) is 4. The Morgan fingerprint density at radius 1 is 1.22 bits per heavy atom. The summed E-state index contributed by atoms with van der Waals surface area (Å²) in [6.45, 7) is 0.291. The molecule has 124 valence electrons. The number of nitrogens with zero attached hydrogens (tertiary/aromatic N) is 3. The summed E-state index contributed by atoms with van der Waals surface area (Å²) >= 11 is 0. The summed E-state index contributed by atoms with van der Waals surface area (Å²) < 4.78 is 29.1. The Kier molecular flexibility index (Phi) is 4.77. The molecule has 2 aromatic rings. The second kappa shape index (κ2) is 6.80. The Hall–Kier alpha value is -1.73. The molecule has 1 aliphatic carbocycles. The van der Waals surface area contributed by atoms with E-state index < -0.39 is 10.0 Å². The molecule has 1 aliphatic rings. The molecule has 0 aromatic carbocycles. The Bertz CT molecular complexity index is 747. The van der Waals surface area contributed by atoms with E-state index in [-0.39, 0.29) is 5.25 Å². The SMILES string of the molecule is Cn1cc(-c2ccc(CNS(=O)(=O)C3CCCCC3)cn2)cn1. The number of nitrogens with one attached hydrogen (secondary N) is 1. The number of rotatable bonds is 5. The van der Waals surface area contributed by atoms with Gasteiger partial charge in [0.1, 0.15) is 0 Å². The van der Waals surface area contributed by atoms with E-state index in [0.717, 1.165) is 48.9 Å². The first kappa shape index (κ1) is 16.1. The van der Waals surface area contributed by atoms with Crippen LogP contribution in [0.3, 0.4) is 0 Å². The van der Waals surface area contributed by atoms with Crippen LogP contribution in [-0.4, -0.2) is 28.4 Å². The zero-order valence-electron chi connectivity index (χ0n) is 13.3. The zero-order valence-corrected chi connectivity index (χ0v) is 14.1. The molecular weight excluding hydrogens is 312 g/mol. The third kappa shape index (κ3) is 3.97. The van der Waals surface area contributed by atoms with Crippen LogP contribution in [0.1, 0.15) is 37.7 Å². The molecule has 6 nitrogen and oxygen atoms in total. The summed E-state index contributed by atoms with van der Waals surface area (Å²) in [5, 5.41) is 3.88. The van der Waals surface area contributed by atoms with Gasteiger partial charge < -0.3 is 0 Å². The summed E-state index contributed by atoms with van der Waals surface area (Å²) in [6.07, 6.45) is 10.1. The van der Waals surface area contributed by atoms with Gasteiger partial charge in [-0.3, -0.25) is 9.67 Å². The fourth-order valence-electron chi connectivity index (χ4n) is 2.93. The van der Waals surface area contributed by atoms with Crippen molar-refractivity contribution in [2.45, 2.75) is 43.9 Å². The summed E-state index contributed by atoms with van der Waals surface area (Å²) in [6, 6.07) is 3.79. The molecule has 2 aromatic heterocycles. The van der Waals surface area contributed by atoms with Gasteiger partial charge in [-0.1, -0.05) is 25.3 Å². The van der Waals surface area contributed by atoms with Gasteiger partial charge in [-0.2, -0.15) is 5.10 Å². The third-order valence-corrected chi connectivity index (χ3v) is 6.19. The Balaban J connectivity index is 1.62. The standard InChI is InChI=1S/C16H22N4O2S/c1-20-12-14(11-18-20)16-8-7-13(9-17-16)10-19-23(21,22)15-5-3-2-4-6-15/h7-9,11-12,15,19H,2-6,10H2,1H3. The lowest BCUT2D eigenvalue weighted by molar-refractivity contribution is 0.477. The van der Waals surface area contributed by atoms with Gasteiger partial charge >= 0.3 is 0 Å². The molecule has 1 N–H and O–H groups in total. The summed E-state index contributed by atoms with van der Waals surface area (Å²) in [5.74, 6) is 0. The van der Waals surface area contributed by atoms with Crippen molar-refractivity contribution in [3.8, 4) is 11.3 Å². The molecule has 3 rings (SSSR count). The molecule has 2 heterocycles. The molecule has 0 unspecified atom stereocenters. The van der Waals surface area contributed by atoms with Gasteiger partial charge in [0.2, 0.25) is 10.0 Å². The molecule has 1 saturated carbocycles. The lowest BCUT2D eigenvalue weighted by Gasteiger charge is -2.22. The highest BCUT2D eigenvalue weighted by Crippen LogP contribution is 2.23. The topological polar surface area (TPSA) is 76.9 Å². The van der Waals surface area contributed by atoms with Crippen molar-refractivity contribution < 1.29 is 8.42 Å². The van der Waals surface area contributed by atoms with E-state index in [0.29, 0.717) is 6.54 Å². The minimum absolute atomic E-state index is 0.237. The quantitative estimate of drug-likeness (QED) is 0.910. The fourth-order valence-corrected chi connectivity index (χ4v) is 4.49. The van der Waals surface area contributed by atoms with Crippen molar-refractivity contribution in [1.29, 1.82) is 0 Å². The number of sulfonamides is 1. The van der Waals surface area contributed by atoms with Crippen molar-refractivity contribution in [2.75, 3.05) is 0 Å². The lowest BCUT2D eigenvalue weighted by Crippen LogP contribution is -2.35. The van der Waals surface area contributed by atoms with Gasteiger partial charge in [0.25, 0.3) is 0 Å². The Morgan fingerprint density at radius 2 is 2.00 bits per heavy atom. The van der Waals surface area contributed by atoms with Crippen LogP contribution in [0.2, 0.25) is 0 Å². The van der Waals surface area contributed by atoms with Crippen molar-refractivity contribution in [3.05, 3.63) is 36.3 Å². The minimum atomic E-state index is -3.23. The van der Waals surface area contributed by atoms with E-state index in [9.17, 15) is 8.42 Å². The van der Waals surface area contributed by atoms with E-state index in [4.69, 9.17) is 0 Å². The smallest absolute Gasteiger partial charge is 0.214 e. The molecule has 0 spiro atoms. The number of pyridine rings is 1. The molecular formula is C16H22N4O2S. The van der Waals surface area contributed by atoms with Crippen LogP contribution in [0.4, 0.5) is 0 Å². The van der Waals surface area contributed by atoms with Crippen LogP contribution >= 0.6 is 0 Å². The summed E-state index contributed by atoms with van der Waals surface area (Å²) in [7, 11) is -1.37. The molecule has 0 aliphatic heterocycles. The van der Waals surface area contributed by atoms with Crippen LogP contribution in [0, 0.1) is 0 Å². The predicted molar refractivity (Wildman–Crippen MR) is 89.1 cm³/mol. The van der Waals surface area contributed by atoms with Gasteiger partial charge in [-0.05, 0) is 24.5 Å². The van der Waals surface area contributed by atoms with Crippen molar-refractivity contribution in [3.63, 3.8) is 0 Å². The summed E-state index contributed by atoms with van der Waals surface area (Å²) in [5.41, 5.74) is 2.64. The normalized spacial score (nSPS) is 16.6. The van der Waals surface area contributed by atoms with Crippen LogP contribution < -0.4 is 4.72 Å². The Labute approximate surface area is 137 Å². The number of hydrogen-bond donors (Lipinski definition) is 1. The molecule has 0 saturated heterocycles. The molecule has 23 heavy (non-hydrogen) atoms. The van der Waals surface area contributed by atoms with Gasteiger partial charge in [0.05, 0.1) is 17.1 Å². The summed E-state index contributed by atoms with van der Waals surface area (Å²) in [4.78, 5) is 4.39. The molecule has 0 radical (unpaired) electrons. The highest BCUT2D eigenvalue weighted by atomic mass is 32.2. The zero-order chi connectivity index (χ0) is 16.3. The van der Waals surface area contributed by atoms with E-state index in [1.807, 2.05) is 25.4 Å². The molecule has 1 fully saturated rings. The molecule has 0 atom stereocenters. The van der Waals surface area contributed by atoms with Crippen LogP contribution in [0.15, 0.2) is 30.7 Å². The Morgan fingerprint density at radius 3 is 2.61 bits per heavy atom. The second-order valence-electron chi connectivity index (χ2n) is 6.08. The predicted octanol–water partition coefficient (Wildman–Crippen LogP) is 2.23. The maximum atomic E-state index is 12.3. The first-order valence-electron chi connectivity index (χ1n) is 7.97. The highest BCUT2D eigenvalue weighted by molar-refractivity contribution is 7.90. The van der Waals surface area contributed by atoms with Crippen LogP contribution in [-0.2, 0) is 23.6 Å². The van der Waals surface area contributed by atoms with E-state index in [1.54, 1.807) is 17.1 Å². The molecule has 0 amide bonds.